The second-order valence-electron chi connectivity index (χ2n) is 6.76. The van der Waals surface area contributed by atoms with E-state index >= 15 is 0 Å². The number of aromatic nitrogens is 1. The Balaban J connectivity index is 1.52. The van der Waals surface area contributed by atoms with Crippen molar-refractivity contribution >= 4 is 11.1 Å². The predicted molar refractivity (Wildman–Crippen MR) is 110 cm³/mol. The van der Waals surface area contributed by atoms with Gasteiger partial charge in [0, 0.05) is 11.1 Å². The monoisotopic (exact) mass is 375 g/mol. The smallest absolute Gasteiger partial charge is 0.227 e. The summed E-state index contributed by atoms with van der Waals surface area (Å²) >= 11 is 0. The molecular weight excluding hydrogens is 353 g/mol. The molecule has 0 amide bonds. The number of ether oxygens (including phenoxy) is 1. The lowest BCUT2D eigenvalue weighted by molar-refractivity contribution is 0.306. The minimum Gasteiger partial charge on any atom is -0.494 e. The van der Waals surface area contributed by atoms with Crippen LogP contribution in [0.2, 0.25) is 0 Å². The maximum Gasteiger partial charge on any atom is 0.227 e. The second kappa shape index (κ2) is 8.26. The fourth-order valence-electron chi connectivity index (χ4n) is 3.15. The first-order valence-corrected chi connectivity index (χ1v) is 9.63. The Morgan fingerprint density at radius 1 is 0.929 bits per heavy atom. The highest BCUT2D eigenvalue weighted by atomic mass is 19.1. The van der Waals surface area contributed by atoms with Crippen LogP contribution in [0, 0.1) is 5.82 Å². The quantitative estimate of drug-likeness (QED) is 0.331. The van der Waals surface area contributed by atoms with Crippen molar-refractivity contribution in [1.82, 2.24) is 4.98 Å². The van der Waals surface area contributed by atoms with Gasteiger partial charge in [-0.2, -0.15) is 0 Å². The molecular formula is C24H22FNO2. The van der Waals surface area contributed by atoms with Crippen molar-refractivity contribution in [1.29, 1.82) is 0 Å². The van der Waals surface area contributed by atoms with Crippen molar-refractivity contribution in [3.63, 3.8) is 0 Å². The van der Waals surface area contributed by atoms with Crippen molar-refractivity contribution in [3.05, 3.63) is 72.5 Å². The molecule has 3 aromatic carbocycles. The highest BCUT2D eigenvalue weighted by Gasteiger charge is 2.12. The Hall–Kier alpha value is -3.14. The Bertz CT molecular complexity index is 1040. The molecule has 0 fully saturated rings. The fourth-order valence-corrected chi connectivity index (χ4v) is 3.15. The summed E-state index contributed by atoms with van der Waals surface area (Å²) in [6.45, 7) is 2.87. The Morgan fingerprint density at radius 2 is 1.71 bits per heavy atom. The molecule has 1 aromatic heterocycles. The predicted octanol–water partition coefficient (Wildman–Crippen LogP) is 6.87. The van der Waals surface area contributed by atoms with E-state index in [2.05, 4.69) is 11.9 Å². The highest BCUT2D eigenvalue weighted by molar-refractivity contribution is 5.77. The molecule has 0 aliphatic rings. The molecule has 0 N–H and O–H groups in total. The molecule has 0 radical (unpaired) electrons. The molecule has 0 aliphatic carbocycles. The van der Waals surface area contributed by atoms with Gasteiger partial charge in [-0.1, -0.05) is 50.1 Å². The molecule has 28 heavy (non-hydrogen) atoms. The number of para-hydroxylation sites is 2. The molecule has 0 bridgehead atoms. The van der Waals surface area contributed by atoms with Crippen molar-refractivity contribution in [2.24, 2.45) is 0 Å². The van der Waals surface area contributed by atoms with Crippen LogP contribution >= 0.6 is 0 Å². The number of halogens is 1. The van der Waals surface area contributed by atoms with E-state index in [4.69, 9.17) is 9.15 Å². The molecule has 3 nitrogen and oxygen atoms in total. The van der Waals surface area contributed by atoms with E-state index in [0.717, 1.165) is 29.7 Å². The van der Waals surface area contributed by atoms with E-state index in [0.29, 0.717) is 29.2 Å². The van der Waals surface area contributed by atoms with Crippen LogP contribution in [0.4, 0.5) is 4.39 Å². The molecule has 4 heteroatoms. The van der Waals surface area contributed by atoms with Gasteiger partial charge in [-0.3, -0.25) is 0 Å². The van der Waals surface area contributed by atoms with Crippen LogP contribution in [0.3, 0.4) is 0 Å². The average molecular weight is 375 g/mol. The summed E-state index contributed by atoms with van der Waals surface area (Å²) in [7, 11) is 0. The number of hydrogen-bond donors (Lipinski definition) is 0. The maximum absolute atomic E-state index is 14.8. The molecule has 0 saturated carbocycles. The molecule has 0 atom stereocenters. The lowest BCUT2D eigenvalue weighted by Crippen LogP contribution is -1.96. The summed E-state index contributed by atoms with van der Waals surface area (Å²) in [5.74, 6) is 0.919. The molecule has 4 rings (SSSR count). The van der Waals surface area contributed by atoms with E-state index in [-0.39, 0.29) is 5.82 Å². The lowest BCUT2D eigenvalue weighted by atomic mass is 10.0. The Morgan fingerprint density at radius 3 is 2.46 bits per heavy atom. The van der Waals surface area contributed by atoms with E-state index in [1.54, 1.807) is 6.07 Å². The van der Waals surface area contributed by atoms with Gasteiger partial charge in [-0.05, 0) is 48.4 Å². The molecule has 0 unspecified atom stereocenters. The summed E-state index contributed by atoms with van der Waals surface area (Å²) in [4.78, 5) is 4.43. The van der Waals surface area contributed by atoms with Gasteiger partial charge >= 0.3 is 0 Å². The summed E-state index contributed by atoms with van der Waals surface area (Å²) in [5, 5.41) is 0. The fraction of sp³-hybridized carbons (Fsp3) is 0.208. The number of oxazole rings is 1. The number of benzene rings is 3. The first-order chi connectivity index (χ1) is 13.7. The normalized spacial score (nSPS) is 11.1. The zero-order chi connectivity index (χ0) is 19.3. The maximum atomic E-state index is 14.8. The average Bonchev–Trinajstić information content (AvgIpc) is 3.16. The SMILES string of the molecule is CCCCCOc1ccc(-c2ccc(-c3nc4ccccc4o3)cc2F)cc1. The topological polar surface area (TPSA) is 35.3 Å². The summed E-state index contributed by atoms with van der Waals surface area (Å²) in [6, 6.07) is 20.1. The minimum absolute atomic E-state index is 0.309. The number of fused-ring (bicyclic) bond motifs is 1. The van der Waals surface area contributed by atoms with Crippen LogP contribution in [-0.2, 0) is 0 Å². The number of rotatable bonds is 7. The van der Waals surface area contributed by atoms with E-state index < -0.39 is 0 Å². The van der Waals surface area contributed by atoms with Crippen LogP contribution in [0.15, 0.2) is 71.1 Å². The van der Waals surface area contributed by atoms with Crippen molar-refractivity contribution in [2.75, 3.05) is 6.61 Å². The molecule has 0 saturated heterocycles. The minimum atomic E-state index is -0.309. The van der Waals surface area contributed by atoms with Crippen molar-refractivity contribution in [2.45, 2.75) is 26.2 Å². The third kappa shape index (κ3) is 3.91. The van der Waals surface area contributed by atoms with Crippen molar-refractivity contribution < 1.29 is 13.5 Å². The van der Waals surface area contributed by atoms with Gasteiger partial charge in [0.15, 0.2) is 5.58 Å². The van der Waals surface area contributed by atoms with Crippen LogP contribution < -0.4 is 4.74 Å². The summed E-state index contributed by atoms with van der Waals surface area (Å²) in [5.41, 5.74) is 3.42. The first kappa shape index (κ1) is 18.2. The third-order valence-electron chi connectivity index (χ3n) is 4.69. The van der Waals surface area contributed by atoms with Crippen LogP contribution in [-0.4, -0.2) is 11.6 Å². The molecule has 0 aliphatic heterocycles. The molecule has 1 heterocycles. The molecule has 0 spiro atoms. The molecule has 4 aromatic rings. The highest BCUT2D eigenvalue weighted by Crippen LogP contribution is 2.30. The molecule has 142 valence electrons. The summed E-state index contributed by atoms with van der Waals surface area (Å²) in [6.07, 6.45) is 3.38. The van der Waals surface area contributed by atoms with Crippen LogP contribution in [0.1, 0.15) is 26.2 Å². The van der Waals surface area contributed by atoms with Gasteiger partial charge in [-0.15, -0.1) is 0 Å². The summed E-state index contributed by atoms with van der Waals surface area (Å²) < 4.78 is 26.2. The van der Waals surface area contributed by atoms with E-state index in [1.165, 1.54) is 12.5 Å². The second-order valence-corrected chi connectivity index (χ2v) is 6.76. The van der Waals surface area contributed by atoms with Gasteiger partial charge in [0.25, 0.3) is 0 Å². The van der Waals surface area contributed by atoms with Crippen LogP contribution in [0.5, 0.6) is 5.75 Å². The van der Waals surface area contributed by atoms with Crippen molar-refractivity contribution in [3.8, 4) is 28.3 Å². The van der Waals surface area contributed by atoms with E-state index in [1.807, 2.05) is 54.6 Å². The van der Waals surface area contributed by atoms with Gasteiger partial charge < -0.3 is 9.15 Å². The van der Waals surface area contributed by atoms with Gasteiger partial charge in [0.2, 0.25) is 5.89 Å². The van der Waals surface area contributed by atoms with Crippen LogP contribution in [0.25, 0.3) is 33.7 Å². The van der Waals surface area contributed by atoms with Gasteiger partial charge in [0.1, 0.15) is 17.1 Å². The van der Waals surface area contributed by atoms with Gasteiger partial charge in [0.05, 0.1) is 6.61 Å². The zero-order valence-electron chi connectivity index (χ0n) is 15.8. The van der Waals surface area contributed by atoms with Gasteiger partial charge in [-0.25, -0.2) is 9.37 Å². The number of nitrogens with zero attached hydrogens (tertiary/aromatic N) is 1. The largest absolute Gasteiger partial charge is 0.494 e. The number of hydrogen-bond acceptors (Lipinski definition) is 3. The van der Waals surface area contributed by atoms with E-state index in [9.17, 15) is 4.39 Å². The Labute approximate surface area is 163 Å². The Kier molecular flexibility index (Phi) is 5.38. The zero-order valence-corrected chi connectivity index (χ0v) is 15.8. The first-order valence-electron chi connectivity index (χ1n) is 9.63. The number of unbranched alkanes of at least 4 members (excludes halogenated alkanes) is 2. The third-order valence-corrected chi connectivity index (χ3v) is 4.69. The lowest BCUT2D eigenvalue weighted by Gasteiger charge is -2.08. The standard InChI is InChI=1S/C24H22FNO2/c1-2-3-6-15-27-19-12-9-17(10-13-19)20-14-11-18(16-21(20)25)24-26-22-7-4-5-8-23(22)28-24/h4-5,7-14,16H,2-3,6,15H2,1H3.